The van der Waals surface area contributed by atoms with Gasteiger partial charge in [-0.05, 0) is 66.1 Å². The second-order valence-electron chi connectivity index (χ2n) is 7.09. The van der Waals surface area contributed by atoms with Gasteiger partial charge in [0, 0.05) is 22.8 Å². The summed E-state index contributed by atoms with van der Waals surface area (Å²) in [7, 11) is 0. The summed E-state index contributed by atoms with van der Waals surface area (Å²) in [6.07, 6.45) is 1.54. The Hall–Kier alpha value is -3.57. The number of nitriles is 1. The number of non-ortho nitro benzene ring substituents is 1. The van der Waals surface area contributed by atoms with E-state index >= 15 is 0 Å². The lowest BCUT2D eigenvalue weighted by molar-refractivity contribution is -0.384. The van der Waals surface area contributed by atoms with E-state index in [9.17, 15) is 20.2 Å². The molecule has 1 N–H and O–H groups in total. The zero-order valence-corrected chi connectivity index (χ0v) is 19.9. The summed E-state index contributed by atoms with van der Waals surface area (Å²) < 4.78 is 5.50. The summed E-state index contributed by atoms with van der Waals surface area (Å²) in [5, 5.41) is 23.8. The minimum atomic E-state index is -0.520. The normalized spacial score (nSPS) is 11.0. The molecular formula is C24H16Cl3N3O4. The van der Waals surface area contributed by atoms with Crippen LogP contribution in [0.1, 0.15) is 16.7 Å². The highest BCUT2D eigenvalue weighted by Crippen LogP contribution is 2.35. The van der Waals surface area contributed by atoms with E-state index in [0.29, 0.717) is 21.8 Å². The lowest BCUT2D eigenvalue weighted by atomic mass is 10.0. The Balaban J connectivity index is 1.73. The molecule has 3 aromatic rings. The highest BCUT2D eigenvalue weighted by atomic mass is 35.5. The molecule has 34 heavy (non-hydrogen) atoms. The van der Waals surface area contributed by atoms with Crippen LogP contribution in [0, 0.1) is 28.4 Å². The van der Waals surface area contributed by atoms with Crippen molar-refractivity contribution in [1.82, 2.24) is 0 Å². The van der Waals surface area contributed by atoms with Gasteiger partial charge in [-0.15, -0.1) is 0 Å². The van der Waals surface area contributed by atoms with Gasteiger partial charge in [0.25, 0.3) is 11.6 Å². The number of aryl methyl sites for hydroxylation is 1. The Bertz CT molecular complexity index is 1310. The van der Waals surface area contributed by atoms with Gasteiger partial charge in [-0.2, -0.15) is 5.26 Å². The number of benzene rings is 3. The average molecular weight is 517 g/mol. The van der Waals surface area contributed by atoms with E-state index in [1.54, 1.807) is 18.2 Å². The number of halogens is 3. The molecule has 10 heteroatoms. The van der Waals surface area contributed by atoms with Gasteiger partial charge in [-0.3, -0.25) is 14.9 Å². The molecule has 3 aromatic carbocycles. The van der Waals surface area contributed by atoms with E-state index in [1.807, 2.05) is 6.92 Å². The van der Waals surface area contributed by atoms with Gasteiger partial charge in [-0.25, -0.2) is 0 Å². The van der Waals surface area contributed by atoms with Crippen molar-refractivity contribution in [2.24, 2.45) is 0 Å². The molecule has 0 heterocycles. The molecule has 0 fully saturated rings. The Morgan fingerprint density at radius 1 is 1.09 bits per heavy atom. The van der Waals surface area contributed by atoms with E-state index in [2.05, 4.69) is 11.4 Å². The van der Waals surface area contributed by atoms with Crippen molar-refractivity contribution in [3.63, 3.8) is 0 Å². The van der Waals surface area contributed by atoms with Crippen molar-refractivity contribution in [3.05, 3.63) is 96.5 Å². The molecular weight excluding hydrogens is 501 g/mol. The van der Waals surface area contributed by atoms with Gasteiger partial charge in [0.1, 0.15) is 0 Å². The largest absolute Gasteiger partial charge is 0.481 e. The van der Waals surface area contributed by atoms with Crippen LogP contribution in [0.2, 0.25) is 15.1 Å². The highest BCUT2D eigenvalue weighted by Gasteiger charge is 2.13. The lowest BCUT2D eigenvalue weighted by Gasteiger charge is -2.12. The van der Waals surface area contributed by atoms with Gasteiger partial charge in [-0.1, -0.05) is 40.9 Å². The first-order valence-corrected chi connectivity index (χ1v) is 10.9. The number of nitrogens with one attached hydrogen (secondary N) is 1. The van der Waals surface area contributed by atoms with Crippen LogP contribution < -0.4 is 10.1 Å². The first kappa shape index (κ1) is 25.1. The summed E-state index contributed by atoms with van der Waals surface area (Å²) in [4.78, 5) is 22.5. The first-order chi connectivity index (χ1) is 16.2. The third-order valence-corrected chi connectivity index (χ3v) is 5.61. The summed E-state index contributed by atoms with van der Waals surface area (Å²) >= 11 is 18.7. The molecule has 1 amide bonds. The number of amides is 1. The molecule has 0 aliphatic rings. The summed E-state index contributed by atoms with van der Waals surface area (Å²) in [5.41, 5.74) is 2.59. The number of nitro benzene ring substituents is 1. The number of nitro groups is 1. The number of carbonyl (C=O) groups is 1. The molecule has 0 unspecified atom stereocenters. The number of hydrogen-bond acceptors (Lipinski definition) is 5. The van der Waals surface area contributed by atoms with Gasteiger partial charge < -0.3 is 10.1 Å². The molecule has 0 aliphatic carbocycles. The fraction of sp³-hybridized carbons (Fsp3) is 0.0833. The quantitative estimate of drug-likeness (QED) is 0.158. The fourth-order valence-electron chi connectivity index (χ4n) is 2.92. The first-order valence-electron chi connectivity index (χ1n) is 9.72. The van der Waals surface area contributed by atoms with Crippen LogP contribution in [-0.2, 0) is 4.79 Å². The number of ether oxygens (including phenoxy) is 1. The average Bonchev–Trinajstić information content (AvgIpc) is 2.79. The maximum absolute atomic E-state index is 12.2. The number of hydrogen-bond donors (Lipinski definition) is 1. The molecule has 0 saturated carbocycles. The molecule has 172 valence electrons. The Kier molecular flexibility index (Phi) is 8.13. The lowest BCUT2D eigenvalue weighted by Crippen LogP contribution is -2.20. The van der Waals surface area contributed by atoms with E-state index in [4.69, 9.17) is 39.5 Å². The second-order valence-corrected chi connectivity index (χ2v) is 8.31. The molecule has 7 nitrogen and oxygen atoms in total. The van der Waals surface area contributed by atoms with E-state index < -0.39 is 10.8 Å². The van der Waals surface area contributed by atoms with Crippen LogP contribution in [0.25, 0.3) is 11.6 Å². The van der Waals surface area contributed by atoms with Crippen molar-refractivity contribution in [3.8, 4) is 11.8 Å². The standard InChI is InChI=1S/C24H16Cl3N3O4/c1-14-2-5-18(11-20(14)25)29-23(31)13-34-24-21(26)9-15(10-22(24)27)8-17(12-28)16-3-6-19(7-4-16)30(32)33/h2-11H,13H2,1H3,(H,29,31)/b17-8+. The topological polar surface area (TPSA) is 105 Å². The molecule has 0 saturated heterocycles. The van der Waals surface area contributed by atoms with Gasteiger partial charge >= 0.3 is 0 Å². The van der Waals surface area contributed by atoms with Crippen molar-refractivity contribution in [1.29, 1.82) is 5.26 Å². The van der Waals surface area contributed by atoms with E-state index in [1.165, 1.54) is 42.5 Å². The Labute approximate surface area is 210 Å². The smallest absolute Gasteiger partial charge is 0.269 e. The maximum Gasteiger partial charge on any atom is 0.269 e. The Morgan fingerprint density at radius 2 is 1.74 bits per heavy atom. The summed E-state index contributed by atoms with van der Waals surface area (Å²) in [6.45, 7) is 1.51. The Morgan fingerprint density at radius 3 is 2.29 bits per heavy atom. The number of allylic oxidation sites excluding steroid dienone is 1. The van der Waals surface area contributed by atoms with Gasteiger partial charge in [0.2, 0.25) is 0 Å². The van der Waals surface area contributed by atoms with Gasteiger partial charge in [0.05, 0.1) is 26.6 Å². The van der Waals surface area contributed by atoms with Crippen LogP contribution in [-0.4, -0.2) is 17.4 Å². The molecule has 0 spiro atoms. The zero-order valence-electron chi connectivity index (χ0n) is 17.6. The van der Waals surface area contributed by atoms with Crippen LogP contribution >= 0.6 is 34.8 Å². The molecule has 0 bridgehead atoms. The van der Waals surface area contributed by atoms with Gasteiger partial charge in [0.15, 0.2) is 12.4 Å². The molecule has 0 radical (unpaired) electrons. The highest BCUT2D eigenvalue weighted by molar-refractivity contribution is 6.37. The predicted molar refractivity (Wildman–Crippen MR) is 133 cm³/mol. The monoisotopic (exact) mass is 515 g/mol. The third kappa shape index (κ3) is 6.27. The predicted octanol–water partition coefficient (Wildman–Crippen LogP) is 6.95. The summed E-state index contributed by atoms with van der Waals surface area (Å²) in [6, 6.07) is 15.8. The van der Waals surface area contributed by atoms with Crippen LogP contribution in [0.15, 0.2) is 54.6 Å². The number of rotatable bonds is 7. The third-order valence-electron chi connectivity index (χ3n) is 4.64. The van der Waals surface area contributed by atoms with E-state index in [-0.39, 0.29) is 33.7 Å². The van der Waals surface area contributed by atoms with E-state index in [0.717, 1.165) is 5.56 Å². The molecule has 0 atom stereocenters. The van der Waals surface area contributed by atoms with Crippen molar-refractivity contribution >= 4 is 63.7 Å². The number of anilines is 1. The minimum absolute atomic E-state index is 0.0804. The fourth-order valence-corrected chi connectivity index (χ4v) is 3.71. The molecule has 0 aromatic heterocycles. The van der Waals surface area contributed by atoms with Crippen LogP contribution in [0.4, 0.5) is 11.4 Å². The second kappa shape index (κ2) is 11.0. The minimum Gasteiger partial charge on any atom is -0.481 e. The van der Waals surface area contributed by atoms with Crippen molar-refractivity contribution in [2.75, 3.05) is 11.9 Å². The van der Waals surface area contributed by atoms with Crippen LogP contribution in [0.5, 0.6) is 5.75 Å². The van der Waals surface area contributed by atoms with Crippen molar-refractivity contribution < 1.29 is 14.5 Å². The molecule has 0 aliphatic heterocycles. The zero-order chi connectivity index (χ0) is 24.8. The number of nitrogens with zero attached hydrogens (tertiary/aromatic N) is 2. The number of carbonyl (C=O) groups excluding carboxylic acids is 1. The SMILES string of the molecule is Cc1ccc(NC(=O)COc2c(Cl)cc(/C=C(\C#N)c3ccc([N+](=O)[O-])cc3)cc2Cl)cc1Cl. The summed E-state index contributed by atoms with van der Waals surface area (Å²) in [5.74, 6) is -0.313. The maximum atomic E-state index is 12.2. The molecule has 3 rings (SSSR count). The van der Waals surface area contributed by atoms with Crippen molar-refractivity contribution in [2.45, 2.75) is 6.92 Å². The van der Waals surface area contributed by atoms with Crippen LogP contribution in [0.3, 0.4) is 0 Å².